The number of hydrogen-bond acceptors (Lipinski definition) is 3. The Bertz CT molecular complexity index is 1130. The van der Waals surface area contributed by atoms with Gasteiger partial charge >= 0.3 is 6.03 Å². The van der Waals surface area contributed by atoms with E-state index in [0.717, 1.165) is 28.9 Å². The molecule has 6 heteroatoms. The van der Waals surface area contributed by atoms with Gasteiger partial charge in [-0.25, -0.2) is 9.78 Å². The van der Waals surface area contributed by atoms with Crippen LogP contribution in [0.25, 0.3) is 11.8 Å². The molecule has 1 fully saturated rings. The molecule has 4 rings (SSSR count). The minimum atomic E-state index is -0.274. The molecule has 1 aliphatic rings. The Morgan fingerprint density at radius 1 is 1.20 bits per heavy atom. The van der Waals surface area contributed by atoms with E-state index in [2.05, 4.69) is 29.4 Å². The van der Waals surface area contributed by atoms with Crippen LogP contribution >= 0.6 is 0 Å². The molecule has 2 heterocycles. The molecule has 2 amide bonds. The summed E-state index contributed by atoms with van der Waals surface area (Å²) in [5, 5.41) is 11.4. The number of nitrogens with zero attached hydrogens (tertiary/aromatic N) is 3. The van der Waals surface area contributed by atoms with Crippen molar-refractivity contribution in [3.63, 3.8) is 0 Å². The second-order valence-electron chi connectivity index (χ2n) is 7.46. The van der Waals surface area contributed by atoms with Crippen molar-refractivity contribution in [1.82, 2.24) is 19.8 Å². The van der Waals surface area contributed by atoms with Crippen LogP contribution in [-0.4, -0.2) is 26.3 Å². The van der Waals surface area contributed by atoms with E-state index in [1.807, 2.05) is 73.4 Å². The fraction of sp³-hybridized carbons (Fsp3) is 0.208. The van der Waals surface area contributed by atoms with Gasteiger partial charge in [0.05, 0.1) is 23.8 Å². The molecular weight excluding hydrogens is 374 g/mol. The fourth-order valence-electron chi connectivity index (χ4n) is 3.77. The van der Waals surface area contributed by atoms with Crippen molar-refractivity contribution in [3.05, 3.63) is 89.1 Å². The number of benzene rings is 2. The molecule has 1 aromatic heterocycles. The molecule has 1 unspecified atom stereocenters. The lowest BCUT2D eigenvalue weighted by Gasteiger charge is -2.22. The van der Waals surface area contributed by atoms with E-state index >= 15 is 0 Å². The maximum absolute atomic E-state index is 12.6. The number of carbonyl (C=O) groups is 1. The van der Waals surface area contributed by atoms with Crippen LogP contribution in [0.15, 0.2) is 66.8 Å². The predicted molar refractivity (Wildman–Crippen MR) is 119 cm³/mol. The Morgan fingerprint density at radius 2 is 1.97 bits per heavy atom. The van der Waals surface area contributed by atoms with Crippen LogP contribution in [0.2, 0.25) is 0 Å². The van der Waals surface area contributed by atoms with Gasteiger partial charge in [0.2, 0.25) is 0 Å². The van der Waals surface area contributed by atoms with Gasteiger partial charge in [0.15, 0.2) is 5.84 Å². The lowest BCUT2D eigenvalue weighted by Crippen LogP contribution is -2.33. The summed E-state index contributed by atoms with van der Waals surface area (Å²) in [5.41, 5.74) is 5.68. The van der Waals surface area contributed by atoms with Gasteiger partial charge in [0.1, 0.15) is 0 Å². The van der Waals surface area contributed by atoms with Gasteiger partial charge in [-0.05, 0) is 55.2 Å². The number of amides is 2. The first kappa shape index (κ1) is 19.6. The number of imidazole rings is 1. The summed E-state index contributed by atoms with van der Waals surface area (Å²) in [6, 6.07) is 15.4. The first-order valence-electron chi connectivity index (χ1n) is 10.1. The number of hydrogen-bond donors (Lipinski definition) is 2. The molecule has 1 aliphatic heterocycles. The molecule has 0 saturated carbocycles. The Morgan fingerprint density at radius 3 is 2.63 bits per heavy atom. The van der Waals surface area contributed by atoms with Crippen molar-refractivity contribution in [3.8, 4) is 5.69 Å². The lowest BCUT2D eigenvalue weighted by atomic mass is 10.0. The van der Waals surface area contributed by atoms with Crippen LogP contribution in [0.5, 0.6) is 0 Å². The molecule has 1 atom stereocenters. The van der Waals surface area contributed by atoms with Gasteiger partial charge in [0.25, 0.3) is 0 Å². The Kier molecular flexibility index (Phi) is 5.23. The molecule has 152 valence electrons. The van der Waals surface area contributed by atoms with E-state index in [1.165, 1.54) is 10.5 Å². The summed E-state index contributed by atoms with van der Waals surface area (Å²) in [7, 11) is 0. The summed E-state index contributed by atoms with van der Waals surface area (Å²) >= 11 is 0. The van der Waals surface area contributed by atoms with Gasteiger partial charge in [-0.3, -0.25) is 10.3 Å². The molecule has 2 aromatic carbocycles. The van der Waals surface area contributed by atoms with Gasteiger partial charge in [0, 0.05) is 11.9 Å². The Hall–Kier alpha value is -3.67. The lowest BCUT2D eigenvalue weighted by molar-refractivity contribution is 0.220. The first-order chi connectivity index (χ1) is 14.5. The summed E-state index contributed by atoms with van der Waals surface area (Å²) in [5.74, 6) is 0.184. The molecular formula is C24H25N5O. The van der Waals surface area contributed by atoms with Crippen LogP contribution < -0.4 is 5.32 Å². The van der Waals surface area contributed by atoms with E-state index < -0.39 is 0 Å². The number of amidine groups is 1. The van der Waals surface area contributed by atoms with Crippen LogP contribution in [-0.2, 0) is 6.42 Å². The Balaban J connectivity index is 1.62. The fourth-order valence-corrected chi connectivity index (χ4v) is 3.77. The van der Waals surface area contributed by atoms with Gasteiger partial charge in [-0.2, -0.15) is 0 Å². The minimum Gasteiger partial charge on any atom is -0.306 e. The van der Waals surface area contributed by atoms with E-state index in [1.54, 1.807) is 0 Å². The third-order valence-electron chi connectivity index (χ3n) is 5.41. The highest BCUT2D eigenvalue weighted by atomic mass is 16.2. The highest BCUT2D eigenvalue weighted by Crippen LogP contribution is 2.27. The predicted octanol–water partition coefficient (Wildman–Crippen LogP) is 4.85. The largest absolute Gasteiger partial charge is 0.328 e. The smallest absolute Gasteiger partial charge is 0.306 e. The zero-order valence-electron chi connectivity index (χ0n) is 17.4. The second-order valence-corrected chi connectivity index (χ2v) is 7.46. The normalized spacial score (nSPS) is 16.2. The van der Waals surface area contributed by atoms with E-state index in [4.69, 9.17) is 5.41 Å². The minimum absolute atomic E-state index is 0.184. The average molecular weight is 399 g/mol. The highest BCUT2D eigenvalue weighted by molar-refractivity contribution is 6.15. The summed E-state index contributed by atoms with van der Waals surface area (Å²) in [6.45, 7) is 6.02. The molecule has 0 radical (unpaired) electrons. The van der Waals surface area contributed by atoms with E-state index in [-0.39, 0.29) is 17.9 Å². The SMILES string of the molecule is CCc1cc(/C=C2\NC(=O)N(C(C)c3ccccc3)C2=N)ccc1-n1cnc(C)c1. The average Bonchev–Trinajstić information content (AvgIpc) is 3.30. The van der Waals surface area contributed by atoms with Crippen molar-refractivity contribution in [1.29, 1.82) is 5.41 Å². The number of aryl methyl sites for hydroxylation is 2. The molecule has 30 heavy (non-hydrogen) atoms. The molecule has 0 aliphatic carbocycles. The second kappa shape index (κ2) is 7.99. The molecule has 0 spiro atoms. The third-order valence-corrected chi connectivity index (χ3v) is 5.41. The first-order valence-corrected chi connectivity index (χ1v) is 10.1. The van der Waals surface area contributed by atoms with Crippen molar-refractivity contribution >= 4 is 17.9 Å². The number of carbonyl (C=O) groups excluding carboxylic acids is 1. The zero-order chi connectivity index (χ0) is 21.3. The van der Waals surface area contributed by atoms with Crippen molar-refractivity contribution in [2.24, 2.45) is 0 Å². The molecule has 1 saturated heterocycles. The van der Waals surface area contributed by atoms with Gasteiger partial charge in [-0.15, -0.1) is 0 Å². The van der Waals surface area contributed by atoms with E-state index in [9.17, 15) is 4.79 Å². The van der Waals surface area contributed by atoms with Crippen LogP contribution in [0, 0.1) is 12.3 Å². The topological polar surface area (TPSA) is 74.0 Å². The van der Waals surface area contributed by atoms with Crippen molar-refractivity contribution in [2.75, 3.05) is 0 Å². The zero-order valence-corrected chi connectivity index (χ0v) is 17.4. The van der Waals surface area contributed by atoms with Crippen molar-refractivity contribution in [2.45, 2.75) is 33.2 Å². The molecule has 2 N–H and O–H groups in total. The maximum Gasteiger partial charge on any atom is 0.328 e. The monoisotopic (exact) mass is 399 g/mol. The molecule has 3 aromatic rings. The highest BCUT2D eigenvalue weighted by Gasteiger charge is 2.34. The number of nitrogens with one attached hydrogen (secondary N) is 2. The summed E-state index contributed by atoms with van der Waals surface area (Å²) in [4.78, 5) is 18.4. The molecule has 0 bridgehead atoms. The number of aromatic nitrogens is 2. The van der Waals surface area contributed by atoms with Crippen molar-refractivity contribution < 1.29 is 4.79 Å². The number of rotatable bonds is 5. The van der Waals surface area contributed by atoms with Gasteiger partial charge < -0.3 is 9.88 Å². The Labute approximate surface area is 176 Å². The van der Waals surface area contributed by atoms with Gasteiger partial charge in [-0.1, -0.05) is 43.3 Å². The van der Waals surface area contributed by atoms with Crippen LogP contribution in [0.1, 0.15) is 42.3 Å². The van der Waals surface area contributed by atoms with Crippen LogP contribution in [0.4, 0.5) is 4.79 Å². The quantitative estimate of drug-likeness (QED) is 0.644. The molecule has 6 nitrogen and oxygen atoms in total. The van der Waals surface area contributed by atoms with Crippen LogP contribution in [0.3, 0.4) is 0 Å². The number of urea groups is 1. The summed E-state index contributed by atoms with van der Waals surface area (Å²) < 4.78 is 2.02. The third kappa shape index (κ3) is 3.64. The standard InChI is InChI=1S/C24H25N5O/c1-4-19-12-18(10-11-22(19)28-14-16(2)26-15-28)13-21-23(25)29(24(30)27-21)17(3)20-8-6-5-7-9-20/h5-15,17,25H,4H2,1-3H3,(H,27,30)/b21-13-,25-23?. The maximum atomic E-state index is 12.6. The van der Waals surface area contributed by atoms with E-state index in [0.29, 0.717) is 5.70 Å². The summed E-state index contributed by atoms with van der Waals surface area (Å²) in [6.07, 6.45) is 6.55.